The third-order valence-electron chi connectivity index (χ3n) is 3.23. The molecule has 0 saturated carbocycles. The molecule has 1 rings (SSSR count). The normalized spacial score (nSPS) is 20.9. The van der Waals surface area contributed by atoms with E-state index in [-0.39, 0.29) is 11.7 Å². The van der Waals surface area contributed by atoms with Crippen molar-refractivity contribution in [3.05, 3.63) is 12.7 Å². The van der Waals surface area contributed by atoms with Crippen molar-refractivity contribution in [2.75, 3.05) is 19.6 Å². The van der Waals surface area contributed by atoms with Gasteiger partial charge in [-0.15, -0.1) is 6.58 Å². The predicted octanol–water partition coefficient (Wildman–Crippen LogP) is 2.59. The van der Waals surface area contributed by atoms with Crippen LogP contribution < -0.4 is 0 Å². The summed E-state index contributed by atoms with van der Waals surface area (Å²) < 4.78 is 5.99. The lowest BCUT2D eigenvalue weighted by Crippen LogP contribution is -2.42. The van der Waals surface area contributed by atoms with Crippen molar-refractivity contribution in [3.8, 4) is 0 Å². The molecule has 18 heavy (non-hydrogen) atoms. The monoisotopic (exact) mass is 255 g/mol. The molecule has 1 N–H and O–H groups in total. The molecule has 0 aliphatic carbocycles. The largest absolute Gasteiger partial charge is 0.392 e. The maximum Gasteiger partial charge on any atom is 0.0670 e. The summed E-state index contributed by atoms with van der Waals surface area (Å²) in [5.41, 5.74) is -0.0453. The van der Waals surface area contributed by atoms with Gasteiger partial charge in [0.25, 0.3) is 0 Å². The van der Waals surface area contributed by atoms with Crippen LogP contribution in [0.3, 0.4) is 0 Å². The van der Waals surface area contributed by atoms with Crippen molar-refractivity contribution in [2.45, 2.75) is 64.3 Å². The molecule has 0 aromatic heterocycles. The number of aliphatic hydroxyl groups is 1. The lowest BCUT2D eigenvalue weighted by Gasteiger charge is -2.36. The van der Waals surface area contributed by atoms with Gasteiger partial charge >= 0.3 is 0 Å². The summed E-state index contributed by atoms with van der Waals surface area (Å²) in [6, 6.07) is 0. The van der Waals surface area contributed by atoms with Crippen LogP contribution in [-0.2, 0) is 4.74 Å². The Kier molecular flexibility index (Phi) is 6.33. The van der Waals surface area contributed by atoms with E-state index in [4.69, 9.17) is 4.74 Å². The second-order valence-electron chi connectivity index (χ2n) is 6.25. The number of hydrogen-bond acceptors (Lipinski definition) is 3. The van der Waals surface area contributed by atoms with E-state index < -0.39 is 0 Å². The Morgan fingerprint density at radius 3 is 2.50 bits per heavy atom. The average Bonchev–Trinajstić information content (AvgIpc) is 2.27. The first-order valence-corrected chi connectivity index (χ1v) is 7.10. The molecule has 0 aromatic carbocycles. The van der Waals surface area contributed by atoms with Gasteiger partial charge in [0, 0.05) is 19.6 Å². The van der Waals surface area contributed by atoms with Crippen LogP contribution in [-0.4, -0.2) is 47.4 Å². The molecule has 0 spiro atoms. The lowest BCUT2D eigenvalue weighted by molar-refractivity contribution is -0.0844. The van der Waals surface area contributed by atoms with Gasteiger partial charge in [-0.3, -0.25) is 0 Å². The quantitative estimate of drug-likeness (QED) is 0.741. The van der Waals surface area contributed by atoms with Gasteiger partial charge in [-0.1, -0.05) is 6.08 Å². The summed E-state index contributed by atoms with van der Waals surface area (Å²) in [5, 5.41) is 9.86. The van der Waals surface area contributed by atoms with Crippen LogP contribution in [0.15, 0.2) is 12.7 Å². The van der Waals surface area contributed by atoms with Gasteiger partial charge in [-0.05, 0) is 46.5 Å². The minimum absolute atomic E-state index is 0.0453. The molecule has 1 saturated heterocycles. The highest BCUT2D eigenvalue weighted by atomic mass is 16.5. The molecule has 1 atom stereocenters. The molecular weight excluding hydrogens is 226 g/mol. The Labute approximate surface area is 112 Å². The van der Waals surface area contributed by atoms with Crippen LogP contribution in [0.1, 0.15) is 46.5 Å². The molecule has 3 nitrogen and oxygen atoms in total. The maximum absolute atomic E-state index is 9.86. The molecule has 0 aromatic rings. The van der Waals surface area contributed by atoms with Crippen LogP contribution in [0.2, 0.25) is 0 Å². The fourth-order valence-electron chi connectivity index (χ4n) is 2.41. The Hall–Kier alpha value is -0.380. The van der Waals surface area contributed by atoms with E-state index in [1.807, 2.05) is 6.08 Å². The minimum Gasteiger partial charge on any atom is -0.392 e. The van der Waals surface area contributed by atoms with Crippen LogP contribution in [0.25, 0.3) is 0 Å². The number of nitrogens with zero attached hydrogens (tertiary/aromatic N) is 1. The average molecular weight is 255 g/mol. The zero-order chi connectivity index (χ0) is 13.6. The van der Waals surface area contributed by atoms with Crippen molar-refractivity contribution in [2.24, 2.45) is 0 Å². The van der Waals surface area contributed by atoms with Crippen LogP contribution in [0.4, 0.5) is 0 Å². The zero-order valence-corrected chi connectivity index (χ0v) is 12.2. The van der Waals surface area contributed by atoms with Gasteiger partial charge in [0.15, 0.2) is 0 Å². The third kappa shape index (κ3) is 6.53. The fraction of sp³-hybridized carbons (Fsp3) is 0.867. The first kappa shape index (κ1) is 15.7. The Balaban J connectivity index is 2.20. The molecule has 0 bridgehead atoms. The number of likely N-dealkylation sites (tertiary alicyclic amines) is 1. The predicted molar refractivity (Wildman–Crippen MR) is 75.7 cm³/mol. The zero-order valence-electron chi connectivity index (χ0n) is 12.2. The summed E-state index contributed by atoms with van der Waals surface area (Å²) in [7, 11) is 0. The van der Waals surface area contributed by atoms with E-state index in [9.17, 15) is 5.11 Å². The molecule has 1 aliphatic rings. The Bertz CT molecular complexity index is 239. The molecule has 1 aliphatic heterocycles. The van der Waals surface area contributed by atoms with E-state index >= 15 is 0 Å². The molecule has 3 heteroatoms. The number of allylic oxidation sites excluding steroid dienone is 1. The van der Waals surface area contributed by atoms with Gasteiger partial charge in [0.1, 0.15) is 0 Å². The minimum atomic E-state index is -0.219. The molecule has 106 valence electrons. The smallest absolute Gasteiger partial charge is 0.0670 e. The number of hydrogen-bond donors (Lipinski definition) is 1. The fourth-order valence-corrected chi connectivity index (χ4v) is 2.41. The standard InChI is InChI=1S/C15H29NO2/c1-5-6-7-13(17)12-16-10-8-14(9-11-16)18-15(2,3)4/h5,13-14,17H,1,6-12H2,2-4H3. The summed E-state index contributed by atoms with van der Waals surface area (Å²) in [5.74, 6) is 0. The topological polar surface area (TPSA) is 32.7 Å². The molecular formula is C15H29NO2. The third-order valence-corrected chi connectivity index (χ3v) is 3.23. The highest BCUT2D eigenvalue weighted by Gasteiger charge is 2.24. The molecule has 1 fully saturated rings. The van der Waals surface area contributed by atoms with E-state index in [1.54, 1.807) is 0 Å². The van der Waals surface area contributed by atoms with E-state index in [2.05, 4.69) is 32.3 Å². The van der Waals surface area contributed by atoms with Crippen molar-refractivity contribution in [1.29, 1.82) is 0 Å². The van der Waals surface area contributed by atoms with E-state index in [1.165, 1.54) is 0 Å². The molecule has 0 radical (unpaired) electrons. The van der Waals surface area contributed by atoms with Gasteiger partial charge in [0.05, 0.1) is 17.8 Å². The second kappa shape index (κ2) is 7.27. The number of piperidine rings is 1. The highest BCUT2D eigenvalue weighted by Crippen LogP contribution is 2.20. The second-order valence-corrected chi connectivity index (χ2v) is 6.25. The first-order chi connectivity index (χ1) is 8.40. The number of rotatable bonds is 6. The summed E-state index contributed by atoms with van der Waals surface area (Å²) in [6.07, 6.45) is 5.89. The van der Waals surface area contributed by atoms with Crippen molar-refractivity contribution in [3.63, 3.8) is 0 Å². The van der Waals surface area contributed by atoms with Crippen molar-refractivity contribution < 1.29 is 9.84 Å². The van der Waals surface area contributed by atoms with Gasteiger partial charge in [-0.25, -0.2) is 0 Å². The Morgan fingerprint density at radius 2 is 2.00 bits per heavy atom. The van der Waals surface area contributed by atoms with E-state index in [0.29, 0.717) is 6.10 Å². The van der Waals surface area contributed by atoms with Gasteiger partial charge in [-0.2, -0.15) is 0 Å². The van der Waals surface area contributed by atoms with Crippen LogP contribution in [0, 0.1) is 0 Å². The van der Waals surface area contributed by atoms with Crippen LogP contribution >= 0.6 is 0 Å². The van der Waals surface area contributed by atoms with Crippen LogP contribution in [0.5, 0.6) is 0 Å². The number of ether oxygens (including phenoxy) is 1. The summed E-state index contributed by atoms with van der Waals surface area (Å²) in [4.78, 5) is 2.34. The van der Waals surface area contributed by atoms with Gasteiger partial charge in [0.2, 0.25) is 0 Å². The van der Waals surface area contributed by atoms with Crippen molar-refractivity contribution in [1.82, 2.24) is 4.90 Å². The summed E-state index contributed by atoms with van der Waals surface area (Å²) >= 11 is 0. The molecule has 1 heterocycles. The maximum atomic E-state index is 9.86. The number of β-amino-alcohol motifs (C(OH)–C–C–N with tert-alkyl or cyclic N) is 1. The SMILES string of the molecule is C=CCCC(O)CN1CCC(OC(C)(C)C)CC1. The molecule has 0 amide bonds. The first-order valence-electron chi connectivity index (χ1n) is 7.10. The highest BCUT2D eigenvalue weighted by molar-refractivity contribution is 4.78. The molecule has 1 unspecified atom stereocenters. The van der Waals surface area contributed by atoms with Crippen molar-refractivity contribution >= 4 is 0 Å². The Morgan fingerprint density at radius 1 is 1.39 bits per heavy atom. The number of aliphatic hydroxyl groups excluding tert-OH is 1. The summed E-state index contributed by atoms with van der Waals surface area (Å²) in [6.45, 7) is 12.9. The van der Waals surface area contributed by atoms with E-state index in [0.717, 1.165) is 45.3 Å². The van der Waals surface area contributed by atoms with Gasteiger partial charge < -0.3 is 14.7 Å². The lowest BCUT2D eigenvalue weighted by atomic mass is 10.0.